The number of nitrogens with zero attached hydrogens (tertiary/aromatic N) is 1. The van der Waals surface area contributed by atoms with Crippen LogP contribution in [0.2, 0.25) is 0 Å². The lowest BCUT2D eigenvalue weighted by Crippen LogP contribution is -2.42. The van der Waals surface area contributed by atoms with Crippen LogP contribution in [0.25, 0.3) is 0 Å². The largest absolute Gasteiger partial charge is 0.487 e. The fraction of sp³-hybridized carbons (Fsp3) is 0.588. The van der Waals surface area contributed by atoms with Gasteiger partial charge in [0.15, 0.2) is 0 Å². The molecule has 2 aliphatic heterocycles. The first-order valence-electron chi connectivity index (χ1n) is 8.12. The van der Waals surface area contributed by atoms with Gasteiger partial charge in [-0.2, -0.15) is 0 Å². The van der Waals surface area contributed by atoms with E-state index in [9.17, 15) is 9.90 Å². The van der Waals surface area contributed by atoms with Crippen LogP contribution in [0.4, 0.5) is 5.69 Å². The molecular weight excluding hydrogens is 280 g/mol. The van der Waals surface area contributed by atoms with Crippen LogP contribution in [0.5, 0.6) is 5.75 Å². The highest BCUT2D eigenvalue weighted by Crippen LogP contribution is 2.37. The molecule has 0 saturated carbocycles. The average Bonchev–Trinajstić information content (AvgIpc) is 3.06. The lowest BCUT2D eigenvalue weighted by Gasteiger charge is -2.34. The summed E-state index contributed by atoms with van der Waals surface area (Å²) in [5, 5.41) is 13.9. The smallest absolute Gasteiger partial charge is 0.226 e. The molecule has 120 valence electrons. The highest BCUT2D eigenvalue weighted by Gasteiger charge is 2.29. The molecule has 2 aliphatic rings. The van der Waals surface area contributed by atoms with E-state index in [0.29, 0.717) is 13.0 Å². The molecule has 2 heterocycles. The van der Waals surface area contributed by atoms with E-state index in [4.69, 9.17) is 4.74 Å². The van der Waals surface area contributed by atoms with Crippen LogP contribution >= 0.6 is 0 Å². The van der Waals surface area contributed by atoms with Crippen LogP contribution in [0, 0.1) is 0 Å². The Hall–Kier alpha value is -1.59. The molecule has 1 saturated heterocycles. The number of carbonyl (C=O) groups is 1. The second-order valence-electron chi connectivity index (χ2n) is 6.16. The molecule has 0 aromatic heterocycles. The summed E-state index contributed by atoms with van der Waals surface area (Å²) in [7, 11) is 0. The normalized spacial score (nSPS) is 25.5. The minimum absolute atomic E-state index is 0.0183. The van der Waals surface area contributed by atoms with Gasteiger partial charge in [0.05, 0.1) is 18.3 Å². The Kier molecular flexibility index (Phi) is 4.36. The molecular formula is C17H24N2O3. The molecule has 0 radical (unpaired) electrons. The number of aliphatic hydroxyl groups is 1. The summed E-state index contributed by atoms with van der Waals surface area (Å²) in [6.07, 6.45) is 1.96. The number of anilines is 1. The Labute approximate surface area is 131 Å². The maximum Gasteiger partial charge on any atom is 0.226 e. The number of rotatable bonds is 3. The van der Waals surface area contributed by atoms with Crippen molar-refractivity contribution in [3.05, 3.63) is 23.8 Å². The maximum atomic E-state index is 12.2. The minimum atomic E-state index is -0.550. The number of hydrogen-bond donors (Lipinski definition) is 2. The molecule has 0 spiro atoms. The summed E-state index contributed by atoms with van der Waals surface area (Å²) in [6.45, 7) is 5.34. The molecule has 0 bridgehead atoms. The second-order valence-corrected chi connectivity index (χ2v) is 6.16. The van der Waals surface area contributed by atoms with E-state index in [1.165, 1.54) is 0 Å². The van der Waals surface area contributed by atoms with E-state index in [0.717, 1.165) is 36.4 Å². The van der Waals surface area contributed by atoms with Crippen molar-refractivity contribution in [1.82, 2.24) is 5.32 Å². The Balaban J connectivity index is 1.91. The van der Waals surface area contributed by atoms with Crippen molar-refractivity contribution in [2.24, 2.45) is 0 Å². The predicted octanol–water partition coefficient (Wildman–Crippen LogP) is 2.00. The molecule has 22 heavy (non-hydrogen) atoms. The zero-order valence-corrected chi connectivity index (χ0v) is 13.2. The minimum Gasteiger partial charge on any atom is -0.487 e. The highest BCUT2D eigenvalue weighted by molar-refractivity contribution is 5.95. The number of amides is 1. The highest BCUT2D eigenvalue weighted by atomic mass is 16.5. The molecule has 1 aromatic rings. The first-order valence-corrected chi connectivity index (χ1v) is 8.12. The van der Waals surface area contributed by atoms with Gasteiger partial charge in [0.2, 0.25) is 5.91 Å². The van der Waals surface area contributed by atoms with E-state index in [-0.39, 0.29) is 18.1 Å². The number of aliphatic hydroxyl groups excluding tert-OH is 1. The van der Waals surface area contributed by atoms with Gasteiger partial charge in [-0.15, -0.1) is 0 Å². The van der Waals surface area contributed by atoms with Gasteiger partial charge < -0.3 is 20.1 Å². The molecule has 3 atom stereocenters. The summed E-state index contributed by atoms with van der Waals surface area (Å²) in [5.41, 5.74) is 1.62. The Morgan fingerprint density at radius 3 is 3.05 bits per heavy atom. The van der Waals surface area contributed by atoms with E-state index in [1.807, 2.05) is 32.0 Å². The van der Waals surface area contributed by atoms with Crippen molar-refractivity contribution >= 4 is 11.6 Å². The SMILES string of the molecule is CCC(=O)N1CC(C)Oc2ccc(C(O)C3CCCN3)cc21. The molecule has 2 N–H and O–H groups in total. The third kappa shape index (κ3) is 2.83. The van der Waals surface area contributed by atoms with E-state index in [2.05, 4.69) is 5.32 Å². The van der Waals surface area contributed by atoms with Crippen molar-refractivity contribution in [2.75, 3.05) is 18.0 Å². The standard InChI is InChI=1S/C17H24N2O3/c1-3-16(20)19-10-11(2)22-15-7-6-12(9-14(15)19)17(21)13-5-4-8-18-13/h6-7,9,11,13,17-18,21H,3-5,8,10H2,1-2H3. The zero-order valence-electron chi connectivity index (χ0n) is 13.2. The molecule has 1 amide bonds. The zero-order chi connectivity index (χ0) is 15.7. The molecule has 1 aromatic carbocycles. The van der Waals surface area contributed by atoms with Gasteiger partial charge in [-0.3, -0.25) is 4.79 Å². The number of nitrogens with one attached hydrogen (secondary N) is 1. The molecule has 3 rings (SSSR count). The summed E-state index contributed by atoms with van der Waals surface area (Å²) in [6, 6.07) is 5.76. The molecule has 3 unspecified atom stereocenters. The molecule has 5 nitrogen and oxygen atoms in total. The summed E-state index contributed by atoms with van der Waals surface area (Å²) in [5.74, 6) is 0.804. The van der Waals surface area contributed by atoms with Crippen LogP contribution in [0.15, 0.2) is 18.2 Å². The van der Waals surface area contributed by atoms with Crippen molar-refractivity contribution in [2.45, 2.75) is 51.4 Å². The van der Waals surface area contributed by atoms with Crippen molar-refractivity contribution in [3.8, 4) is 5.75 Å². The predicted molar refractivity (Wildman–Crippen MR) is 85.2 cm³/mol. The molecule has 0 aliphatic carbocycles. The quantitative estimate of drug-likeness (QED) is 0.896. The third-order valence-electron chi connectivity index (χ3n) is 4.47. The van der Waals surface area contributed by atoms with E-state index < -0.39 is 6.10 Å². The van der Waals surface area contributed by atoms with Gasteiger partial charge in [0, 0.05) is 12.5 Å². The third-order valence-corrected chi connectivity index (χ3v) is 4.47. The number of fused-ring (bicyclic) bond motifs is 1. The summed E-state index contributed by atoms with van der Waals surface area (Å²) in [4.78, 5) is 14.0. The Bertz CT molecular complexity index is 555. The first-order chi connectivity index (χ1) is 10.6. The van der Waals surface area contributed by atoms with Gasteiger partial charge >= 0.3 is 0 Å². The number of benzene rings is 1. The Morgan fingerprint density at radius 2 is 2.36 bits per heavy atom. The lowest BCUT2D eigenvalue weighted by atomic mass is 9.99. The van der Waals surface area contributed by atoms with Gasteiger partial charge in [0.25, 0.3) is 0 Å². The molecule has 5 heteroatoms. The van der Waals surface area contributed by atoms with Crippen molar-refractivity contribution in [1.29, 1.82) is 0 Å². The van der Waals surface area contributed by atoms with Crippen molar-refractivity contribution in [3.63, 3.8) is 0 Å². The number of ether oxygens (including phenoxy) is 1. The van der Waals surface area contributed by atoms with Crippen LogP contribution in [0.3, 0.4) is 0 Å². The fourth-order valence-corrected chi connectivity index (χ4v) is 3.28. The topological polar surface area (TPSA) is 61.8 Å². The van der Waals surface area contributed by atoms with Gasteiger partial charge in [-0.1, -0.05) is 13.0 Å². The van der Waals surface area contributed by atoms with E-state index >= 15 is 0 Å². The molecule has 1 fully saturated rings. The maximum absolute atomic E-state index is 12.2. The first kappa shape index (κ1) is 15.3. The van der Waals surface area contributed by atoms with E-state index in [1.54, 1.807) is 4.90 Å². The van der Waals surface area contributed by atoms with Crippen molar-refractivity contribution < 1.29 is 14.6 Å². The number of hydrogen-bond acceptors (Lipinski definition) is 4. The number of carbonyl (C=O) groups excluding carboxylic acids is 1. The lowest BCUT2D eigenvalue weighted by molar-refractivity contribution is -0.118. The Morgan fingerprint density at radius 1 is 1.55 bits per heavy atom. The van der Waals surface area contributed by atoms with Crippen LogP contribution in [0.1, 0.15) is 44.8 Å². The van der Waals surface area contributed by atoms with Gasteiger partial charge in [0.1, 0.15) is 11.9 Å². The fourth-order valence-electron chi connectivity index (χ4n) is 3.28. The van der Waals surface area contributed by atoms with Crippen LogP contribution in [-0.2, 0) is 4.79 Å². The average molecular weight is 304 g/mol. The van der Waals surface area contributed by atoms with Gasteiger partial charge in [-0.05, 0) is 44.0 Å². The van der Waals surface area contributed by atoms with Crippen LogP contribution < -0.4 is 15.0 Å². The second kappa shape index (κ2) is 6.26. The summed E-state index contributed by atoms with van der Waals surface area (Å²) >= 11 is 0. The van der Waals surface area contributed by atoms with Crippen LogP contribution in [-0.4, -0.2) is 36.2 Å². The van der Waals surface area contributed by atoms with Gasteiger partial charge in [-0.25, -0.2) is 0 Å². The monoisotopic (exact) mass is 304 g/mol. The summed E-state index contributed by atoms with van der Waals surface area (Å²) < 4.78 is 5.83.